The molecule has 8 heteroatoms. The molecule has 0 bridgehead atoms. The first-order valence-electron chi connectivity index (χ1n) is 6.66. The summed E-state index contributed by atoms with van der Waals surface area (Å²) in [6, 6.07) is 7.34. The molecule has 1 aromatic heterocycles. The number of aromatic nitrogens is 2. The van der Waals surface area contributed by atoms with Crippen LogP contribution in [0, 0.1) is 17.5 Å². The van der Waals surface area contributed by atoms with Gasteiger partial charge in [-0.3, -0.25) is 4.57 Å². The summed E-state index contributed by atoms with van der Waals surface area (Å²) in [6.07, 6.45) is 0. The minimum Gasteiger partial charge on any atom is -0.494 e. The van der Waals surface area contributed by atoms with Gasteiger partial charge in [-0.2, -0.15) is 0 Å². The average molecular weight is 373 g/mol. The van der Waals surface area contributed by atoms with Gasteiger partial charge in [0.1, 0.15) is 11.6 Å². The van der Waals surface area contributed by atoms with Gasteiger partial charge in [-0.1, -0.05) is 11.6 Å². The fraction of sp³-hybridized carbons (Fsp3) is 0.0625. The van der Waals surface area contributed by atoms with Crippen molar-refractivity contribution in [1.29, 1.82) is 0 Å². The highest BCUT2D eigenvalue weighted by Crippen LogP contribution is 2.39. The third-order valence-corrected chi connectivity index (χ3v) is 3.91. The minimum atomic E-state index is -0.945. The van der Waals surface area contributed by atoms with Gasteiger partial charge in [0.2, 0.25) is 5.28 Å². The Hall–Kier alpha value is -2.18. The van der Waals surface area contributed by atoms with Crippen LogP contribution in [0.25, 0.3) is 16.9 Å². The zero-order valence-corrected chi connectivity index (χ0v) is 13.7. The molecule has 3 nitrogen and oxygen atoms in total. The van der Waals surface area contributed by atoms with Crippen LogP contribution in [0.3, 0.4) is 0 Å². The van der Waals surface area contributed by atoms with Crippen LogP contribution in [0.5, 0.6) is 5.75 Å². The van der Waals surface area contributed by atoms with E-state index in [9.17, 15) is 13.2 Å². The van der Waals surface area contributed by atoms with Crippen molar-refractivity contribution >= 4 is 23.2 Å². The summed E-state index contributed by atoms with van der Waals surface area (Å²) in [7, 11) is 1.26. The summed E-state index contributed by atoms with van der Waals surface area (Å²) in [5.74, 6) is -2.44. The van der Waals surface area contributed by atoms with Crippen LogP contribution >= 0.6 is 23.2 Å². The second-order valence-corrected chi connectivity index (χ2v) is 5.47. The van der Waals surface area contributed by atoms with E-state index in [2.05, 4.69) is 4.98 Å². The minimum absolute atomic E-state index is 0.0952. The summed E-state index contributed by atoms with van der Waals surface area (Å²) < 4.78 is 48.1. The number of imidazole rings is 1. The number of rotatable bonds is 3. The smallest absolute Gasteiger partial charge is 0.209 e. The van der Waals surface area contributed by atoms with Crippen molar-refractivity contribution in [2.24, 2.45) is 0 Å². The summed E-state index contributed by atoms with van der Waals surface area (Å²) >= 11 is 12.1. The van der Waals surface area contributed by atoms with Crippen molar-refractivity contribution in [2.45, 2.75) is 0 Å². The molecule has 0 saturated heterocycles. The van der Waals surface area contributed by atoms with Gasteiger partial charge in [0.05, 0.1) is 18.4 Å². The van der Waals surface area contributed by atoms with E-state index in [-0.39, 0.29) is 21.9 Å². The van der Waals surface area contributed by atoms with Gasteiger partial charge in [-0.05, 0) is 48.0 Å². The number of ether oxygens (including phenoxy) is 1. The van der Waals surface area contributed by atoms with Gasteiger partial charge in [-0.25, -0.2) is 18.2 Å². The first kappa shape index (κ1) is 16.7. The second kappa shape index (κ2) is 6.37. The lowest BCUT2D eigenvalue weighted by Gasteiger charge is -2.13. The number of hydrogen-bond acceptors (Lipinski definition) is 2. The van der Waals surface area contributed by atoms with E-state index in [1.54, 1.807) is 0 Å². The van der Waals surface area contributed by atoms with Crippen molar-refractivity contribution < 1.29 is 17.9 Å². The van der Waals surface area contributed by atoms with Gasteiger partial charge in [0, 0.05) is 5.69 Å². The number of methoxy groups -OCH3 is 1. The average Bonchev–Trinajstić information content (AvgIpc) is 2.83. The highest BCUT2D eigenvalue weighted by Gasteiger charge is 2.25. The first-order chi connectivity index (χ1) is 11.4. The van der Waals surface area contributed by atoms with E-state index in [0.29, 0.717) is 5.69 Å². The molecule has 0 fully saturated rings. The number of nitrogens with zero attached hydrogens (tertiary/aromatic N) is 2. The lowest BCUT2D eigenvalue weighted by molar-refractivity contribution is 0.385. The molecule has 0 aliphatic carbocycles. The molecule has 124 valence electrons. The van der Waals surface area contributed by atoms with E-state index >= 15 is 0 Å². The molecule has 24 heavy (non-hydrogen) atoms. The van der Waals surface area contributed by atoms with Crippen LogP contribution in [-0.4, -0.2) is 16.7 Å². The Morgan fingerprint density at radius 3 is 2.29 bits per heavy atom. The Balaban J connectivity index is 2.33. The Morgan fingerprint density at radius 1 is 1.00 bits per heavy atom. The van der Waals surface area contributed by atoms with Crippen LogP contribution < -0.4 is 4.74 Å². The monoisotopic (exact) mass is 372 g/mol. The molecule has 0 radical (unpaired) electrons. The van der Waals surface area contributed by atoms with E-state index < -0.39 is 23.0 Å². The zero-order valence-electron chi connectivity index (χ0n) is 12.2. The van der Waals surface area contributed by atoms with Crippen LogP contribution in [-0.2, 0) is 0 Å². The molecule has 0 N–H and O–H groups in total. The van der Waals surface area contributed by atoms with E-state index in [4.69, 9.17) is 27.9 Å². The van der Waals surface area contributed by atoms with Gasteiger partial charge < -0.3 is 4.74 Å². The van der Waals surface area contributed by atoms with Crippen molar-refractivity contribution in [1.82, 2.24) is 9.55 Å². The molecule has 0 unspecified atom stereocenters. The summed E-state index contributed by atoms with van der Waals surface area (Å²) in [5, 5.41) is -0.321. The van der Waals surface area contributed by atoms with Crippen molar-refractivity contribution in [2.75, 3.05) is 7.11 Å². The highest BCUT2D eigenvalue weighted by atomic mass is 35.5. The Kier molecular flexibility index (Phi) is 4.43. The normalized spacial score (nSPS) is 10.9. The molecule has 0 amide bonds. The zero-order chi connectivity index (χ0) is 17.4. The molecule has 3 aromatic rings. The number of hydrogen-bond donors (Lipinski definition) is 0. The summed E-state index contributed by atoms with van der Waals surface area (Å²) in [5.41, 5.74) is -0.192. The van der Waals surface area contributed by atoms with Crippen LogP contribution in [0.2, 0.25) is 10.4 Å². The molecule has 2 aromatic carbocycles. The lowest BCUT2D eigenvalue weighted by Crippen LogP contribution is -2.02. The molecule has 0 atom stereocenters. The molecular formula is C16H9Cl2F3N2O. The van der Waals surface area contributed by atoms with Gasteiger partial charge >= 0.3 is 0 Å². The second-order valence-electron chi connectivity index (χ2n) is 4.77. The van der Waals surface area contributed by atoms with Gasteiger partial charge in [0.15, 0.2) is 16.7 Å². The van der Waals surface area contributed by atoms with Crippen molar-refractivity contribution in [3.8, 4) is 22.7 Å². The quantitative estimate of drug-likeness (QED) is 0.625. The number of benzene rings is 2. The molecule has 3 rings (SSSR count). The fourth-order valence-electron chi connectivity index (χ4n) is 2.32. The topological polar surface area (TPSA) is 27.1 Å². The SMILES string of the molecule is COc1ccc(F)c(-c2c(Cl)nc(Cl)n2-c2ccc(F)cc2)c1F. The maximum atomic E-state index is 14.6. The van der Waals surface area contributed by atoms with Crippen molar-refractivity contribution in [3.05, 3.63) is 64.3 Å². The maximum absolute atomic E-state index is 14.6. The predicted molar refractivity (Wildman–Crippen MR) is 85.4 cm³/mol. The molecule has 0 saturated carbocycles. The van der Waals surface area contributed by atoms with E-state index in [0.717, 1.165) is 12.1 Å². The maximum Gasteiger partial charge on any atom is 0.209 e. The fourth-order valence-corrected chi connectivity index (χ4v) is 2.89. The van der Waals surface area contributed by atoms with Gasteiger partial charge in [-0.15, -0.1) is 0 Å². The lowest BCUT2D eigenvalue weighted by atomic mass is 10.1. The third kappa shape index (κ3) is 2.72. The molecule has 0 aliphatic heterocycles. The summed E-state index contributed by atoms with van der Waals surface area (Å²) in [6.45, 7) is 0. The summed E-state index contributed by atoms with van der Waals surface area (Å²) in [4.78, 5) is 3.85. The number of halogens is 5. The van der Waals surface area contributed by atoms with Gasteiger partial charge in [0.25, 0.3) is 0 Å². The first-order valence-corrected chi connectivity index (χ1v) is 7.41. The Morgan fingerprint density at radius 2 is 1.67 bits per heavy atom. The van der Waals surface area contributed by atoms with E-state index in [1.165, 1.54) is 35.9 Å². The predicted octanol–water partition coefficient (Wildman–Crippen LogP) is 5.27. The molecular weight excluding hydrogens is 364 g/mol. The van der Waals surface area contributed by atoms with Crippen LogP contribution in [0.15, 0.2) is 36.4 Å². The van der Waals surface area contributed by atoms with Crippen LogP contribution in [0.4, 0.5) is 13.2 Å². The van der Waals surface area contributed by atoms with Crippen LogP contribution in [0.1, 0.15) is 0 Å². The highest BCUT2D eigenvalue weighted by molar-refractivity contribution is 6.34. The molecule has 0 spiro atoms. The molecule has 1 heterocycles. The largest absolute Gasteiger partial charge is 0.494 e. The Bertz CT molecular complexity index is 911. The van der Waals surface area contributed by atoms with E-state index in [1.807, 2.05) is 0 Å². The third-order valence-electron chi connectivity index (χ3n) is 3.39. The molecule has 0 aliphatic rings. The Labute approximate surface area is 145 Å². The standard InChI is InChI=1S/C16H9Cl2F3N2O/c1-24-11-7-6-10(20)12(13(11)21)14-15(17)22-16(18)23(14)9-4-2-8(19)3-5-9/h2-7H,1H3. The van der Waals surface area contributed by atoms with Crippen molar-refractivity contribution in [3.63, 3.8) is 0 Å².